The summed E-state index contributed by atoms with van der Waals surface area (Å²) >= 11 is 0. The number of imidazole rings is 1. The number of amides is 1. The SMILES string of the molecule is Cc1cccn2c(CC(=O)NC[C@@H](O)c3ccc(C(F)(F)F)cc3)cnc12. The first-order chi connectivity index (χ1) is 12.8. The maximum Gasteiger partial charge on any atom is 0.416 e. The van der Waals surface area contributed by atoms with E-state index >= 15 is 0 Å². The van der Waals surface area contributed by atoms with Crippen LogP contribution in [0.1, 0.15) is 28.5 Å². The Morgan fingerprint density at radius 1 is 1.26 bits per heavy atom. The lowest BCUT2D eigenvalue weighted by atomic mass is 10.1. The third-order valence-electron chi connectivity index (χ3n) is 4.26. The van der Waals surface area contributed by atoms with Gasteiger partial charge in [0.1, 0.15) is 5.65 Å². The van der Waals surface area contributed by atoms with Gasteiger partial charge in [0.2, 0.25) is 5.91 Å². The quantitative estimate of drug-likeness (QED) is 0.718. The van der Waals surface area contributed by atoms with Gasteiger partial charge in [-0.3, -0.25) is 4.79 Å². The van der Waals surface area contributed by atoms with Crippen molar-refractivity contribution in [2.24, 2.45) is 0 Å². The van der Waals surface area contributed by atoms with Crippen LogP contribution in [0.4, 0.5) is 13.2 Å². The Balaban J connectivity index is 1.59. The number of aryl methyl sites for hydroxylation is 1. The van der Waals surface area contributed by atoms with Gasteiger partial charge < -0.3 is 14.8 Å². The lowest BCUT2D eigenvalue weighted by Gasteiger charge is -2.13. The van der Waals surface area contributed by atoms with E-state index in [0.717, 1.165) is 23.3 Å². The van der Waals surface area contributed by atoms with Crippen molar-refractivity contribution >= 4 is 11.6 Å². The maximum atomic E-state index is 12.6. The van der Waals surface area contributed by atoms with Crippen molar-refractivity contribution in [2.45, 2.75) is 25.6 Å². The van der Waals surface area contributed by atoms with E-state index in [9.17, 15) is 23.1 Å². The molecule has 3 rings (SSSR count). The van der Waals surface area contributed by atoms with Crippen molar-refractivity contribution in [1.82, 2.24) is 14.7 Å². The summed E-state index contributed by atoms with van der Waals surface area (Å²) in [7, 11) is 0. The summed E-state index contributed by atoms with van der Waals surface area (Å²) in [6, 6.07) is 7.99. The van der Waals surface area contributed by atoms with Crippen LogP contribution in [0.15, 0.2) is 48.8 Å². The number of carbonyl (C=O) groups is 1. The molecule has 2 N–H and O–H groups in total. The van der Waals surface area contributed by atoms with E-state index in [2.05, 4.69) is 10.3 Å². The molecule has 0 fully saturated rings. The number of nitrogens with zero attached hydrogens (tertiary/aromatic N) is 2. The summed E-state index contributed by atoms with van der Waals surface area (Å²) in [4.78, 5) is 16.4. The van der Waals surface area contributed by atoms with Crippen LogP contribution < -0.4 is 5.32 Å². The number of benzene rings is 1. The van der Waals surface area contributed by atoms with Crippen LogP contribution in [0.25, 0.3) is 5.65 Å². The summed E-state index contributed by atoms with van der Waals surface area (Å²) in [6.07, 6.45) is -2.02. The van der Waals surface area contributed by atoms with Gasteiger partial charge in [0, 0.05) is 18.9 Å². The summed E-state index contributed by atoms with van der Waals surface area (Å²) in [6.45, 7) is 1.83. The molecule has 0 radical (unpaired) electrons. The zero-order valence-corrected chi connectivity index (χ0v) is 14.5. The Morgan fingerprint density at radius 2 is 1.96 bits per heavy atom. The van der Waals surface area contributed by atoms with Crippen molar-refractivity contribution in [1.29, 1.82) is 0 Å². The molecule has 5 nitrogen and oxygen atoms in total. The Morgan fingerprint density at radius 3 is 2.63 bits per heavy atom. The zero-order valence-electron chi connectivity index (χ0n) is 14.5. The third-order valence-corrected chi connectivity index (χ3v) is 4.26. The molecular weight excluding hydrogens is 359 g/mol. The minimum absolute atomic E-state index is 0.0738. The molecule has 0 aliphatic carbocycles. The number of aliphatic hydroxyl groups excluding tert-OH is 1. The van der Waals surface area contributed by atoms with Gasteiger partial charge in [-0.05, 0) is 36.2 Å². The molecule has 0 bridgehead atoms. The molecule has 2 aromatic heterocycles. The molecule has 27 heavy (non-hydrogen) atoms. The fourth-order valence-electron chi connectivity index (χ4n) is 2.78. The summed E-state index contributed by atoms with van der Waals surface area (Å²) in [5.41, 5.74) is 1.97. The zero-order chi connectivity index (χ0) is 19.6. The minimum Gasteiger partial charge on any atom is -0.387 e. The first-order valence-electron chi connectivity index (χ1n) is 8.29. The highest BCUT2D eigenvalue weighted by atomic mass is 19.4. The van der Waals surface area contributed by atoms with Gasteiger partial charge in [-0.2, -0.15) is 13.2 Å². The lowest BCUT2D eigenvalue weighted by Crippen LogP contribution is -2.30. The summed E-state index contributed by atoms with van der Waals surface area (Å²) < 4.78 is 39.5. The van der Waals surface area contributed by atoms with Gasteiger partial charge >= 0.3 is 6.18 Å². The molecule has 0 saturated heterocycles. The molecule has 2 heterocycles. The van der Waals surface area contributed by atoms with Gasteiger partial charge in [-0.1, -0.05) is 18.2 Å². The van der Waals surface area contributed by atoms with Gasteiger partial charge in [0.25, 0.3) is 0 Å². The standard InChI is InChI=1S/C19H18F3N3O2/c1-12-3-2-8-25-15(10-24-18(12)25)9-17(27)23-11-16(26)13-4-6-14(7-5-13)19(20,21)22/h2-8,10,16,26H,9,11H2,1H3,(H,23,27)/t16-/m1/s1. The number of nitrogens with one attached hydrogen (secondary N) is 1. The first-order valence-corrected chi connectivity index (χ1v) is 8.29. The molecular formula is C19H18F3N3O2. The monoisotopic (exact) mass is 377 g/mol. The number of carbonyl (C=O) groups excluding carboxylic acids is 1. The number of rotatable bonds is 5. The van der Waals surface area contributed by atoms with E-state index in [1.807, 2.05) is 29.7 Å². The Kier molecular flexibility index (Phi) is 5.18. The molecule has 0 unspecified atom stereocenters. The van der Waals surface area contributed by atoms with Crippen LogP contribution in [0.2, 0.25) is 0 Å². The van der Waals surface area contributed by atoms with E-state index in [-0.39, 0.29) is 18.9 Å². The average molecular weight is 377 g/mol. The van der Waals surface area contributed by atoms with E-state index in [1.165, 1.54) is 12.1 Å². The molecule has 1 atom stereocenters. The van der Waals surface area contributed by atoms with Crippen molar-refractivity contribution in [3.63, 3.8) is 0 Å². The van der Waals surface area contributed by atoms with Crippen LogP contribution in [0.5, 0.6) is 0 Å². The Bertz CT molecular complexity index is 949. The second kappa shape index (κ2) is 7.40. The normalized spacial score (nSPS) is 12.9. The van der Waals surface area contributed by atoms with Crippen LogP contribution in [-0.2, 0) is 17.4 Å². The lowest BCUT2D eigenvalue weighted by molar-refractivity contribution is -0.137. The van der Waals surface area contributed by atoms with Crippen molar-refractivity contribution in [3.05, 3.63) is 71.2 Å². The van der Waals surface area contributed by atoms with Gasteiger partial charge in [0.15, 0.2) is 0 Å². The van der Waals surface area contributed by atoms with Gasteiger partial charge in [-0.15, -0.1) is 0 Å². The van der Waals surface area contributed by atoms with E-state index in [1.54, 1.807) is 6.20 Å². The third kappa shape index (κ3) is 4.28. The Labute approximate surface area is 153 Å². The second-order valence-corrected chi connectivity index (χ2v) is 6.25. The molecule has 3 aromatic rings. The van der Waals surface area contributed by atoms with Crippen LogP contribution in [0.3, 0.4) is 0 Å². The predicted molar refractivity (Wildman–Crippen MR) is 93.0 cm³/mol. The minimum atomic E-state index is -4.43. The number of hydrogen-bond donors (Lipinski definition) is 2. The number of aromatic nitrogens is 2. The molecule has 0 aliphatic rings. The molecule has 1 aromatic carbocycles. The second-order valence-electron chi connectivity index (χ2n) is 6.25. The molecule has 0 spiro atoms. The maximum absolute atomic E-state index is 12.6. The predicted octanol–water partition coefficient (Wildman–Crippen LogP) is 3.05. The number of hydrogen-bond acceptors (Lipinski definition) is 3. The molecule has 8 heteroatoms. The highest BCUT2D eigenvalue weighted by Crippen LogP contribution is 2.29. The molecule has 142 valence electrons. The van der Waals surface area contributed by atoms with Crippen molar-refractivity contribution in [2.75, 3.05) is 6.54 Å². The van der Waals surface area contributed by atoms with E-state index in [4.69, 9.17) is 0 Å². The average Bonchev–Trinajstić information content (AvgIpc) is 3.03. The van der Waals surface area contributed by atoms with Gasteiger partial charge in [0.05, 0.1) is 23.8 Å². The van der Waals surface area contributed by atoms with Crippen LogP contribution in [0, 0.1) is 6.92 Å². The fraction of sp³-hybridized carbons (Fsp3) is 0.263. The number of pyridine rings is 1. The number of alkyl halides is 3. The van der Waals surface area contributed by atoms with E-state index in [0.29, 0.717) is 11.3 Å². The highest BCUT2D eigenvalue weighted by molar-refractivity contribution is 5.78. The topological polar surface area (TPSA) is 66.6 Å². The fourth-order valence-corrected chi connectivity index (χ4v) is 2.78. The molecule has 0 saturated carbocycles. The van der Waals surface area contributed by atoms with Crippen LogP contribution >= 0.6 is 0 Å². The number of aliphatic hydroxyl groups is 1. The smallest absolute Gasteiger partial charge is 0.387 e. The summed E-state index contributed by atoms with van der Waals surface area (Å²) in [5, 5.41) is 12.7. The van der Waals surface area contributed by atoms with Crippen molar-refractivity contribution in [3.8, 4) is 0 Å². The number of halogens is 3. The van der Waals surface area contributed by atoms with Gasteiger partial charge in [-0.25, -0.2) is 4.98 Å². The molecule has 0 aliphatic heterocycles. The summed E-state index contributed by atoms with van der Waals surface area (Å²) in [5.74, 6) is -0.315. The van der Waals surface area contributed by atoms with E-state index < -0.39 is 17.8 Å². The largest absolute Gasteiger partial charge is 0.416 e. The highest BCUT2D eigenvalue weighted by Gasteiger charge is 2.30. The van der Waals surface area contributed by atoms with Crippen molar-refractivity contribution < 1.29 is 23.1 Å². The number of fused-ring (bicyclic) bond motifs is 1. The van der Waals surface area contributed by atoms with Crippen LogP contribution in [-0.4, -0.2) is 26.9 Å². The molecule has 1 amide bonds. The first kappa shape index (κ1) is 18.9. The Hall–Kier alpha value is -2.87.